The summed E-state index contributed by atoms with van der Waals surface area (Å²) in [5.74, 6) is -0.710. The number of rotatable bonds is 7. The van der Waals surface area contributed by atoms with Gasteiger partial charge < -0.3 is 10.6 Å². The lowest BCUT2D eigenvalue weighted by molar-refractivity contribution is -0.119. The average Bonchev–Trinajstić information content (AvgIpc) is 2.57. The Bertz CT molecular complexity index is 694. The second-order valence-electron chi connectivity index (χ2n) is 5.22. The van der Waals surface area contributed by atoms with Crippen LogP contribution >= 0.6 is 11.8 Å². The molecule has 0 radical (unpaired) electrons. The molecule has 4 nitrogen and oxygen atoms in total. The summed E-state index contributed by atoms with van der Waals surface area (Å²) < 4.78 is 13.4. The monoisotopic (exact) mass is 346 g/mol. The second-order valence-corrected chi connectivity index (χ2v) is 6.21. The molecule has 0 aliphatic heterocycles. The van der Waals surface area contributed by atoms with E-state index in [1.54, 1.807) is 12.1 Å². The van der Waals surface area contributed by atoms with E-state index in [2.05, 4.69) is 10.6 Å². The molecule has 0 unspecified atom stereocenters. The number of hydrogen-bond acceptors (Lipinski definition) is 3. The Morgan fingerprint density at radius 3 is 2.33 bits per heavy atom. The number of nitrogens with one attached hydrogen (secondary N) is 2. The van der Waals surface area contributed by atoms with Crippen LogP contribution in [0.5, 0.6) is 0 Å². The van der Waals surface area contributed by atoms with E-state index in [1.807, 2.05) is 37.3 Å². The second kappa shape index (κ2) is 9.08. The normalized spacial score (nSPS) is 11.6. The van der Waals surface area contributed by atoms with E-state index in [0.29, 0.717) is 0 Å². The van der Waals surface area contributed by atoms with Crippen molar-refractivity contribution in [1.82, 2.24) is 5.32 Å². The molecular weight excluding hydrogens is 327 g/mol. The van der Waals surface area contributed by atoms with Crippen LogP contribution in [0, 0.1) is 5.82 Å². The fourth-order valence-electron chi connectivity index (χ4n) is 2.09. The highest BCUT2D eigenvalue weighted by Gasteiger charge is 2.11. The zero-order valence-electron chi connectivity index (χ0n) is 13.3. The molecule has 0 saturated heterocycles. The van der Waals surface area contributed by atoms with Gasteiger partial charge in [-0.05, 0) is 24.6 Å². The van der Waals surface area contributed by atoms with Gasteiger partial charge in [-0.25, -0.2) is 4.39 Å². The quantitative estimate of drug-likeness (QED) is 0.808. The molecule has 0 heterocycles. The zero-order chi connectivity index (χ0) is 17.4. The molecule has 2 N–H and O–H groups in total. The maximum absolute atomic E-state index is 13.4. The third-order valence-electron chi connectivity index (χ3n) is 3.29. The molecule has 0 fully saturated rings. The molecule has 2 aromatic rings. The molecular formula is C18H19FN2O2S. The van der Waals surface area contributed by atoms with Gasteiger partial charge in [0, 0.05) is 0 Å². The third kappa shape index (κ3) is 5.70. The van der Waals surface area contributed by atoms with Gasteiger partial charge in [-0.1, -0.05) is 42.5 Å². The molecule has 0 aliphatic carbocycles. The third-order valence-corrected chi connectivity index (χ3v) is 4.22. The first-order chi connectivity index (χ1) is 11.6. The summed E-state index contributed by atoms with van der Waals surface area (Å²) in [4.78, 5) is 23.7. The first-order valence-electron chi connectivity index (χ1n) is 7.52. The van der Waals surface area contributed by atoms with E-state index in [9.17, 15) is 14.0 Å². The molecule has 1 atom stereocenters. The van der Waals surface area contributed by atoms with Crippen molar-refractivity contribution < 1.29 is 14.0 Å². The Morgan fingerprint density at radius 1 is 1.00 bits per heavy atom. The lowest BCUT2D eigenvalue weighted by Gasteiger charge is -2.14. The highest BCUT2D eigenvalue weighted by molar-refractivity contribution is 8.00. The number of anilines is 1. The first kappa shape index (κ1) is 18.0. The van der Waals surface area contributed by atoms with Gasteiger partial charge in [-0.2, -0.15) is 0 Å². The van der Waals surface area contributed by atoms with Crippen LogP contribution in [0.15, 0.2) is 54.6 Å². The topological polar surface area (TPSA) is 58.2 Å². The minimum absolute atomic E-state index is 0.0848. The van der Waals surface area contributed by atoms with E-state index < -0.39 is 5.82 Å². The highest BCUT2D eigenvalue weighted by Crippen LogP contribution is 2.14. The number of thioether (sulfide) groups is 1. The predicted octanol–water partition coefficient (Wildman–Crippen LogP) is 3.37. The number of carbonyl (C=O) groups excluding carboxylic acids is 2. The fourth-order valence-corrected chi connectivity index (χ4v) is 2.72. The summed E-state index contributed by atoms with van der Waals surface area (Å²) in [7, 11) is 0. The van der Waals surface area contributed by atoms with Crippen LogP contribution in [0.2, 0.25) is 0 Å². The first-order valence-corrected chi connectivity index (χ1v) is 8.68. The van der Waals surface area contributed by atoms with Gasteiger partial charge in [0.05, 0.1) is 23.2 Å². The van der Waals surface area contributed by atoms with E-state index in [1.165, 1.54) is 23.9 Å². The van der Waals surface area contributed by atoms with E-state index in [4.69, 9.17) is 0 Å². The molecule has 6 heteroatoms. The van der Waals surface area contributed by atoms with Crippen LogP contribution in [-0.2, 0) is 9.59 Å². The minimum Gasteiger partial charge on any atom is -0.349 e. The van der Waals surface area contributed by atoms with Crippen LogP contribution in [-0.4, -0.2) is 23.3 Å². The number of halogens is 1. The van der Waals surface area contributed by atoms with Crippen molar-refractivity contribution in [2.45, 2.75) is 13.0 Å². The molecule has 0 saturated carbocycles. The predicted molar refractivity (Wildman–Crippen MR) is 95.4 cm³/mol. The summed E-state index contributed by atoms with van der Waals surface area (Å²) >= 11 is 1.19. The lowest BCUT2D eigenvalue weighted by Crippen LogP contribution is -2.28. The van der Waals surface area contributed by atoms with E-state index >= 15 is 0 Å². The molecule has 0 spiro atoms. The molecule has 2 aromatic carbocycles. The van der Waals surface area contributed by atoms with Crippen molar-refractivity contribution in [2.75, 3.05) is 16.8 Å². The maximum atomic E-state index is 13.4. The number of benzene rings is 2. The summed E-state index contributed by atoms with van der Waals surface area (Å²) in [5.41, 5.74) is 1.17. The van der Waals surface area contributed by atoms with Gasteiger partial charge in [0.15, 0.2) is 0 Å². The standard InChI is InChI=1S/C18H19FN2O2S/c1-13(14-7-3-2-4-8-14)20-17(22)11-24-12-18(23)21-16-10-6-5-9-15(16)19/h2-10,13H,11-12H2,1H3,(H,20,22)(H,21,23)/t13-/m0/s1. The van der Waals surface area contributed by atoms with Gasteiger partial charge in [-0.3, -0.25) is 9.59 Å². The van der Waals surface area contributed by atoms with Crippen molar-refractivity contribution in [3.05, 3.63) is 66.0 Å². The molecule has 0 bridgehead atoms. The maximum Gasteiger partial charge on any atom is 0.234 e. The van der Waals surface area contributed by atoms with E-state index in [-0.39, 0.29) is 35.0 Å². The van der Waals surface area contributed by atoms with Crippen molar-refractivity contribution in [3.8, 4) is 0 Å². The Morgan fingerprint density at radius 2 is 1.62 bits per heavy atom. The van der Waals surface area contributed by atoms with Crippen LogP contribution < -0.4 is 10.6 Å². The molecule has 0 aliphatic rings. The number of para-hydroxylation sites is 1. The average molecular weight is 346 g/mol. The van der Waals surface area contributed by atoms with Gasteiger partial charge in [-0.15, -0.1) is 11.8 Å². The van der Waals surface area contributed by atoms with Crippen molar-refractivity contribution in [2.24, 2.45) is 0 Å². The zero-order valence-corrected chi connectivity index (χ0v) is 14.1. The van der Waals surface area contributed by atoms with Crippen molar-refractivity contribution >= 4 is 29.3 Å². The Balaban J connectivity index is 1.71. The highest BCUT2D eigenvalue weighted by atomic mass is 32.2. The van der Waals surface area contributed by atoms with Crippen LogP contribution in [0.25, 0.3) is 0 Å². The van der Waals surface area contributed by atoms with Crippen molar-refractivity contribution in [1.29, 1.82) is 0 Å². The summed E-state index contributed by atoms with van der Waals surface area (Å²) in [5, 5.41) is 5.36. The van der Waals surface area contributed by atoms with Gasteiger partial charge in [0.25, 0.3) is 0 Å². The Kier molecular flexibility index (Phi) is 6.81. The van der Waals surface area contributed by atoms with Crippen LogP contribution in [0.4, 0.5) is 10.1 Å². The molecule has 126 valence electrons. The number of amides is 2. The van der Waals surface area contributed by atoms with E-state index in [0.717, 1.165) is 5.56 Å². The summed E-state index contributed by atoms with van der Waals surface area (Å²) in [6, 6.07) is 15.5. The Labute approximate surface area is 144 Å². The van der Waals surface area contributed by atoms with Crippen LogP contribution in [0.1, 0.15) is 18.5 Å². The van der Waals surface area contributed by atoms with Crippen LogP contribution in [0.3, 0.4) is 0 Å². The molecule has 2 rings (SSSR count). The fraction of sp³-hybridized carbons (Fsp3) is 0.222. The van der Waals surface area contributed by atoms with Gasteiger partial charge in [0.1, 0.15) is 5.82 Å². The minimum atomic E-state index is -0.481. The van der Waals surface area contributed by atoms with Gasteiger partial charge >= 0.3 is 0 Å². The Hall–Kier alpha value is -2.34. The molecule has 24 heavy (non-hydrogen) atoms. The molecule has 2 amide bonds. The smallest absolute Gasteiger partial charge is 0.234 e. The van der Waals surface area contributed by atoms with Gasteiger partial charge in [0.2, 0.25) is 11.8 Å². The largest absolute Gasteiger partial charge is 0.349 e. The van der Waals surface area contributed by atoms with Crippen molar-refractivity contribution in [3.63, 3.8) is 0 Å². The lowest BCUT2D eigenvalue weighted by atomic mass is 10.1. The number of hydrogen-bond donors (Lipinski definition) is 2. The summed E-state index contributed by atoms with van der Waals surface area (Å²) in [6.45, 7) is 1.91. The SMILES string of the molecule is C[C@H](NC(=O)CSCC(=O)Nc1ccccc1F)c1ccccc1. The molecule has 0 aromatic heterocycles. The number of carbonyl (C=O) groups is 2. The summed E-state index contributed by atoms with van der Waals surface area (Å²) in [6.07, 6.45) is 0.